The molecular weight excluding hydrogens is 459 g/mol. The van der Waals surface area contributed by atoms with E-state index in [1.807, 2.05) is 30.3 Å². The molecule has 144 valence electrons. The first-order chi connectivity index (χ1) is 11.9. The van der Waals surface area contributed by atoms with Crippen LogP contribution in [0.2, 0.25) is 0 Å². The van der Waals surface area contributed by atoms with Gasteiger partial charge in [0.25, 0.3) is 0 Å². The number of nitrogens with zero attached hydrogens (tertiary/aromatic N) is 2. The van der Waals surface area contributed by atoms with Crippen LogP contribution in [0.15, 0.2) is 40.7 Å². The normalized spacial score (nSPS) is 13.0. The second kappa shape index (κ2) is 10.8. The van der Waals surface area contributed by atoms with E-state index in [-0.39, 0.29) is 41.9 Å². The van der Waals surface area contributed by atoms with Gasteiger partial charge in [-0.25, -0.2) is 4.98 Å². The highest BCUT2D eigenvalue weighted by molar-refractivity contribution is 14.0. The first kappa shape index (κ1) is 22.9. The predicted molar refractivity (Wildman–Crippen MR) is 121 cm³/mol. The lowest BCUT2D eigenvalue weighted by Gasteiger charge is -2.18. The third-order valence-corrected chi connectivity index (χ3v) is 4.81. The van der Waals surface area contributed by atoms with Gasteiger partial charge in [-0.1, -0.05) is 51.1 Å². The molecule has 1 heterocycles. The van der Waals surface area contributed by atoms with Crippen LogP contribution >= 0.6 is 35.3 Å². The van der Waals surface area contributed by atoms with Crippen molar-refractivity contribution < 1.29 is 5.11 Å². The second-order valence-electron chi connectivity index (χ2n) is 6.97. The molecule has 0 aliphatic rings. The number of guanidine groups is 1. The lowest BCUT2D eigenvalue weighted by Crippen LogP contribution is -2.39. The molecule has 1 aromatic heterocycles. The molecule has 0 radical (unpaired) electrons. The van der Waals surface area contributed by atoms with E-state index in [9.17, 15) is 5.11 Å². The standard InChI is InChI=1S/C19H28N4OS.HI/c1-19(2,3)16-13-25-17(23-16)11-22-18(20-4)21-10-15(12-24)14-8-6-5-7-9-14;/h5-9,13,15,24H,10-12H2,1-4H3,(H2,20,21,22);1H. The molecule has 0 spiro atoms. The van der Waals surface area contributed by atoms with E-state index in [2.05, 4.69) is 46.8 Å². The molecule has 7 heteroatoms. The van der Waals surface area contributed by atoms with Crippen LogP contribution in [0.5, 0.6) is 0 Å². The van der Waals surface area contributed by atoms with Gasteiger partial charge in [-0.2, -0.15) is 0 Å². The van der Waals surface area contributed by atoms with E-state index >= 15 is 0 Å². The molecule has 0 saturated carbocycles. The minimum absolute atomic E-state index is 0. The molecule has 0 bridgehead atoms. The lowest BCUT2D eigenvalue weighted by atomic mass is 9.93. The molecule has 0 aliphatic carbocycles. The van der Waals surface area contributed by atoms with Crippen LogP contribution in [-0.4, -0.2) is 36.2 Å². The molecule has 3 N–H and O–H groups in total. The molecule has 1 atom stereocenters. The van der Waals surface area contributed by atoms with Crippen LogP contribution < -0.4 is 10.6 Å². The van der Waals surface area contributed by atoms with E-state index < -0.39 is 0 Å². The SMILES string of the molecule is CN=C(NCc1nc(C(C)(C)C)cs1)NCC(CO)c1ccccc1.I. The average molecular weight is 488 g/mol. The maximum atomic E-state index is 9.64. The Balaban J connectivity index is 0.00000338. The quantitative estimate of drug-likeness (QED) is 0.331. The van der Waals surface area contributed by atoms with Gasteiger partial charge in [-0.05, 0) is 5.56 Å². The maximum absolute atomic E-state index is 9.64. The van der Waals surface area contributed by atoms with Gasteiger partial charge < -0.3 is 15.7 Å². The molecule has 0 amide bonds. The Morgan fingerprint density at radius 3 is 2.46 bits per heavy atom. The number of hydrogen-bond donors (Lipinski definition) is 3. The highest BCUT2D eigenvalue weighted by Gasteiger charge is 2.17. The van der Waals surface area contributed by atoms with Crippen LogP contribution in [0.3, 0.4) is 0 Å². The van der Waals surface area contributed by atoms with Crippen molar-refractivity contribution in [2.75, 3.05) is 20.2 Å². The van der Waals surface area contributed by atoms with Crippen molar-refractivity contribution in [1.29, 1.82) is 0 Å². The average Bonchev–Trinajstić information content (AvgIpc) is 3.08. The zero-order valence-corrected chi connectivity index (χ0v) is 19.0. The lowest BCUT2D eigenvalue weighted by molar-refractivity contribution is 0.265. The van der Waals surface area contributed by atoms with Crippen molar-refractivity contribution >= 4 is 41.3 Å². The number of thiazole rings is 1. The zero-order valence-electron chi connectivity index (χ0n) is 15.8. The van der Waals surface area contributed by atoms with Gasteiger partial charge in [-0.15, -0.1) is 35.3 Å². The van der Waals surface area contributed by atoms with E-state index in [4.69, 9.17) is 0 Å². The van der Waals surface area contributed by atoms with Crippen molar-refractivity contribution in [3.05, 3.63) is 52.0 Å². The molecule has 0 aliphatic heterocycles. The van der Waals surface area contributed by atoms with E-state index in [0.29, 0.717) is 19.0 Å². The summed E-state index contributed by atoms with van der Waals surface area (Å²) in [4.78, 5) is 8.93. The summed E-state index contributed by atoms with van der Waals surface area (Å²) in [5.74, 6) is 0.744. The number of aliphatic hydroxyl groups excluding tert-OH is 1. The van der Waals surface area contributed by atoms with Gasteiger partial charge in [-0.3, -0.25) is 4.99 Å². The highest BCUT2D eigenvalue weighted by Crippen LogP contribution is 2.23. The molecule has 1 aromatic carbocycles. The molecular formula is C19H29IN4OS. The molecule has 0 saturated heterocycles. The smallest absolute Gasteiger partial charge is 0.191 e. The monoisotopic (exact) mass is 488 g/mol. The van der Waals surface area contributed by atoms with Gasteiger partial charge in [0.2, 0.25) is 0 Å². The molecule has 0 fully saturated rings. The Hall–Kier alpha value is -1.19. The van der Waals surface area contributed by atoms with Crippen molar-refractivity contribution in [3.63, 3.8) is 0 Å². The number of aromatic nitrogens is 1. The minimum atomic E-state index is 0. The molecule has 5 nitrogen and oxygen atoms in total. The van der Waals surface area contributed by atoms with Crippen LogP contribution in [0.1, 0.15) is 43.0 Å². The number of hydrogen-bond acceptors (Lipinski definition) is 4. The Labute approximate surface area is 177 Å². The largest absolute Gasteiger partial charge is 0.396 e. The number of rotatable bonds is 6. The number of aliphatic hydroxyl groups is 1. The first-order valence-electron chi connectivity index (χ1n) is 8.49. The minimum Gasteiger partial charge on any atom is -0.396 e. The van der Waals surface area contributed by atoms with E-state index in [1.54, 1.807) is 18.4 Å². The fourth-order valence-electron chi connectivity index (χ4n) is 2.35. The molecule has 26 heavy (non-hydrogen) atoms. The maximum Gasteiger partial charge on any atom is 0.191 e. The Kier molecular flexibility index (Phi) is 9.52. The second-order valence-corrected chi connectivity index (χ2v) is 7.92. The summed E-state index contributed by atoms with van der Waals surface area (Å²) >= 11 is 1.66. The van der Waals surface area contributed by atoms with Crippen LogP contribution in [0, 0.1) is 0 Å². The third kappa shape index (κ3) is 6.85. The predicted octanol–water partition coefficient (Wildman–Crippen LogP) is 3.50. The number of nitrogens with one attached hydrogen (secondary N) is 2. The van der Waals surface area contributed by atoms with E-state index in [0.717, 1.165) is 16.3 Å². The van der Waals surface area contributed by atoms with Gasteiger partial charge in [0.15, 0.2) is 5.96 Å². The Bertz CT molecular complexity index is 682. The summed E-state index contributed by atoms with van der Waals surface area (Å²) in [6, 6.07) is 10.0. The van der Waals surface area contributed by atoms with Crippen molar-refractivity contribution in [2.24, 2.45) is 4.99 Å². The van der Waals surface area contributed by atoms with Crippen LogP contribution in [-0.2, 0) is 12.0 Å². The number of halogens is 1. The van der Waals surface area contributed by atoms with Crippen molar-refractivity contribution in [1.82, 2.24) is 15.6 Å². The van der Waals surface area contributed by atoms with Gasteiger partial charge >= 0.3 is 0 Å². The number of benzene rings is 1. The molecule has 2 rings (SSSR count). The summed E-state index contributed by atoms with van der Waals surface area (Å²) in [5, 5.41) is 19.4. The summed E-state index contributed by atoms with van der Waals surface area (Å²) in [6.07, 6.45) is 0. The fourth-order valence-corrected chi connectivity index (χ4v) is 3.31. The number of aliphatic imine (C=N–C) groups is 1. The summed E-state index contributed by atoms with van der Waals surface area (Å²) in [7, 11) is 1.74. The topological polar surface area (TPSA) is 69.5 Å². The van der Waals surface area contributed by atoms with Gasteiger partial charge in [0, 0.05) is 30.3 Å². The van der Waals surface area contributed by atoms with Gasteiger partial charge in [0.1, 0.15) is 5.01 Å². The third-order valence-electron chi connectivity index (χ3n) is 3.96. The zero-order chi connectivity index (χ0) is 18.3. The Morgan fingerprint density at radius 1 is 1.23 bits per heavy atom. The van der Waals surface area contributed by atoms with E-state index in [1.165, 1.54) is 0 Å². The summed E-state index contributed by atoms with van der Waals surface area (Å²) < 4.78 is 0. The fraction of sp³-hybridized carbons (Fsp3) is 0.474. The Morgan fingerprint density at radius 2 is 1.92 bits per heavy atom. The first-order valence-corrected chi connectivity index (χ1v) is 9.37. The summed E-state index contributed by atoms with van der Waals surface area (Å²) in [6.45, 7) is 7.84. The van der Waals surface area contributed by atoms with Crippen molar-refractivity contribution in [3.8, 4) is 0 Å². The van der Waals surface area contributed by atoms with Crippen LogP contribution in [0.25, 0.3) is 0 Å². The van der Waals surface area contributed by atoms with Crippen LogP contribution in [0.4, 0.5) is 0 Å². The summed E-state index contributed by atoms with van der Waals surface area (Å²) in [5.41, 5.74) is 2.29. The molecule has 2 aromatic rings. The van der Waals surface area contributed by atoms with Crippen molar-refractivity contribution in [2.45, 2.75) is 38.6 Å². The molecule has 1 unspecified atom stereocenters. The van der Waals surface area contributed by atoms with Gasteiger partial charge in [0.05, 0.1) is 18.8 Å². The highest BCUT2D eigenvalue weighted by atomic mass is 127.